The van der Waals surface area contributed by atoms with Gasteiger partial charge in [0.25, 0.3) is 0 Å². The summed E-state index contributed by atoms with van der Waals surface area (Å²) in [6.07, 6.45) is 2.08. The van der Waals surface area contributed by atoms with Gasteiger partial charge in [0, 0.05) is 12.7 Å². The molecule has 3 nitrogen and oxygen atoms in total. The van der Waals surface area contributed by atoms with Crippen molar-refractivity contribution < 1.29 is 0 Å². The molecule has 0 aliphatic rings. The second-order valence-electron chi connectivity index (χ2n) is 3.93. The quantitative estimate of drug-likeness (QED) is 0.773. The number of nitrogens with two attached hydrogens (primary N) is 1. The number of hydrogen-bond acceptors (Lipinski definition) is 2. The molecule has 1 aromatic rings. The Bertz CT molecular complexity index is 276. The molecule has 0 aliphatic heterocycles. The van der Waals surface area contributed by atoms with Gasteiger partial charge in [-0.1, -0.05) is 13.8 Å². The molecule has 0 amide bonds. The first-order valence-electron chi connectivity index (χ1n) is 4.81. The van der Waals surface area contributed by atoms with Gasteiger partial charge in [0.1, 0.15) is 0 Å². The van der Waals surface area contributed by atoms with Crippen molar-refractivity contribution in [3.8, 4) is 0 Å². The first kappa shape index (κ1) is 10.3. The predicted octanol–water partition coefficient (Wildman–Crippen LogP) is 1.87. The monoisotopic (exact) mass is 181 g/mol. The van der Waals surface area contributed by atoms with Crippen molar-refractivity contribution >= 4 is 0 Å². The first-order chi connectivity index (χ1) is 6.06. The smallest absolute Gasteiger partial charge is 0.0789 e. The van der Waals surface area contributed by atoms with Gasteiger partial charge in [-0.3, -0.25) is 4.68 Å². The van der Waals surface area contributed by atoms with Crippen LogP contribution < -0.4 is 5.73 Å². The molecule has 0 aromatic carbocycles. The highest BCUT2D eigenvalue weighted by atomic mass is 15.3. The largest absolute Gasteiger partial charge is 0.325 e. The fourth-order valence-corrected chi connectivity index (χ4v) is 1.24. The van der Waals surface area contributed by atoms with Gasteiger partial charge in [-0.2, -0.15) is 5.10 Å². The van der Waals surface area contributed by atoms with Crippen molar-refractivity contribution in [2.45, 2.75) is 40.3 Å². The summed E-state index contributed by atoms with van der Waals surface area (Å²) in [6.45, 7) is 9.16. The van der Waals surface area contributed by atoms with Crippen LogP contribution in [0.5, 0.6) is 0 Å². The molecule has 1 rings (SSSR count). The second kappa shape index (κ2) is 3.92. The Hall–Kier alpha value is -0.830. The Morgan fingerprint density at radius 2 is 2.08 bits per heavy atom. The predicted molar refractivity (Wildman–Crippen MR) is 54.4 cm³/mol. The molecule has 0 bridgehead atoms. The average molecular weight is 181 g/mol. The topological polar surface area (TPSA) is 43.8 Å². The summed E-state index contributed by atoms with van der Waals surface area (Å²) in [6, 6.07) is 0.444. The van der Waals surface area contributed by atoms with Crippen LogP contribution in [0.2, 0.25) is 0 Å². The van der Waals surface area contributed by atoms with Gasteiger partial charge < -0.3 is 5.73 Å². The number of aryl methyl sites for hydroxylation is 1. The van der Waals surface area contributed by atoms with E-state index in [0.29, 0.717) is 18.5 Å². The molecule has 0 saturated heterocycles. The summed E-state index contributed by atoms with van der Waals surface area (Å²) in [5, 5.41) is 4.44. The van der Waals surface area contributed by atoms with E-state index < -0.39 is 0 Å². The molecule has 0 saturated carbocycles. The van der Waals surface area contributed by atoms with Gasteiger partial charge >= 0.3 is 0 Å². The van der Waals surface area contributed by atoms with Gasteiger partial charge in [0.15, 0.2) is 0 Å². The van der Waals surface area contributed by atoms with Gasteiger partial charge in [-0.25, -0.2) is 0 Å². The minimum Gasteiger partial charge on any atom is -0.325 e. The molecule has 0 aliphatic carbocycles. The number of aromatic nitrogens is 2. The molecule has 74 valence electrons. The van der Waals surface area contributed by atoms with Crippen molar-refractivity contribution in [1.82, 2.24) is 9.78 Å². The van der Waals surface area contributed by atoms with E-state index in [-0.39, 0.29) is 0 Å². The lowest BCUT2D eigenvalue weighted by Gasteiger charge is -2.15. The van der Waals surface area contributed by atoms with E-state index in [1.165, 1.54) is 5.56 Å². The standard InChI is InChI=1S/C10H19N3/c1-7(2)9(4)13-6-8(3)10(5-11)12-13/h6-7,9H,5,11H2,1-4H3. The first-order valence-corrected chi connectivity index (χ1v) is 4.81. The second-order valence-corrected chi connectivity index (χ2v) is 3.93. The highest BCUT2D eigenvalue weighted by Gasteiger charge is 2.12. The van der Waals surface area contributed by atoms with Gasteiger partial charge in [0.2, 0.25) is 0 Å². The number of hydrogen-bond donors (Lipinski definition) is 1. The van der Waals surface area contributed by atoms with Crippen LogP contribution in [0.4, 0.5) is 0 Å². The SMILES string of the molecule is Cc1cn(C(C)C(C)C)nc1CN. The van der Waals surface area contributed by atoms with E-state index in [4.69, 9.17) is 5.73 Å². The summed E-state index contributed by atoms with van der Waals surface area (Å²) in [5.74, 6) is 0.602. The van der Waals surface area contributed by atoms with E-state index in [0.717, 1.165) is 5.69 Å². The molecule has 3 heteroatoms. The van der Waals surface area contributed by atoms with E-state index in [1.807, 2.05) is 4.68 Å². The maximum atomic E-state index is 5.56. The molecule has 1 atom stereocenters. The Labute approximate surface area is 79.9 Å². The van der Waals surface area contributed by atoms with E-state index >= 15 is 0 Å². The Morgan fingerprint density at radius 1 is 1.46 bits per heavy atom. The normalized spacial score (nSPS) is 13.7. The summed E-state index contributed by atoms with van der Waals surface area (Å²) in [5.41, 5.74) is 7.76. The average Bonchev–Trinajstić information content (AvgIpc) is 2.45. The zero-order valence-corrected chi connectivity index (χ0v) is 8.91. The van der Waals surface area contributed by atoms with Crippen LogP contribution in [-0.4, -0.2) is 9.78 Å². The summed E-state index contributed by atoms with van der Waals surface area (Å²) >= 11 is 0. The fourth-order valence-electron chi connectivity index (χ4n) is 1.24. The van der Waals surface area contributed by atoms with Gasteiger partial charge in [0.05, 0.1) is 11.7 Å². The Morgan fingerprint density at radius 3 is 2.46 bits per heavy atom. The molecule has 1 unspecified atom stereocenters. The minimum atomic E-state index is 0.444. The lowest BCUT2D eigenvalue weighted by Crippen LogP contribution is -2.12. The van der Waals surface area contributed by atoms with Crippen LogP contribution in [0.25, 0.3) is 0 Å². The third-order valence-corrected chi connectivity index (χ3v) is 2.59. The molecule has 2 N–H and O–H groups in total. The van der Waals surface area contributed by atoms with E-state index in [1.54, 1.807) is 0 Å². The number of nitrogens with zero attached hydrogens (tertiary/aromatic N) is 2. The lowest BCUT2D eigenvalue weighted by atomic mass is 10.1. The van der Waals surface area contributed by atoms with Crippen molar-refractivity contribution in [3.05, 3.63) is 17.5 Å². The molecule has 0 fully saturated rings. The molecule has 13 heavy (non-hydrogen) atoms. The van der Waals surface area contributed by atoms with Crippen molar-refractivity contribution in [2.24, 2.45) is 11.7 Å². The van der Waals surface area contributed by atoms with E-state index in [2.05, 4.69) is 39.0 Å². The summed E-state index contributed by atoms with van der Waals surface area (Å²) < 4.78 is 2.02. The summed E-state index contributed by atoms with van der Waals surface area (Å²) in [7, 11) is 0. The van der Waals surface area contributed by atoms with Crippen LogP contribution in [-0.2, 0) is 6.54 Å². The maximum Gasteiger partial charge on any atom is 0.0789 e. The van der Waals surface area contributed by atoms with Crippen LogP contribution in [0.3, 0.4) is 0 Å². The highest BCUT2D eigenvalue weighted by molar-refractivity contribution is 5.14. The Balaban J connectivity index is 2.90. The third-order valence-electron chi connectivity index (χ3n) is 2.59. The molecule has 0 radical (unpaired) electrons. The van der Waals surface area contributed by atoms with E-state index in [9.17, 15) is 0 Å². The maximum absolute atomic E-state index is 5.56. The highest BCUT2D eigenvalue weighted by Crippen LogP contribution is 2.17. The molecule has 0 spiro atoms. The van der Waals surface area contributed by atoms with Crippen LogP contribution in [0.1, 0.15) is 38.1 Å². The Kier molecular flexibility index (Phi) is 3.09. The van der Waals surface area contributed by atoms with Crippen LogP contribution >= 0.6 is 0 Å². The van der Waals surface area contributed by atoms with Crippen molar-refractivity contribution in [3.63, 3.8) is 0 Å². The molecule has 1 aromatic heterocycles. The van der Waals surface area contributed by atoms with Gasteiger partial charge in [-0.15, -0.1) is 0 Å². The fraction of sp³-hybridized carbons (Fsp3) is 0.700. The summed E-state index contributed by atoms with van der Waals surface area (Å²) in [4.78, 5) is 0. The number of rotatable bonds is 3. The molecular formula is C10H19N3. The third kappa shape index (κ3) is 2.10. The zero-order chi connectivity index (χ0) is 10.0. The van der Waals surface area contributed by atoms with Crippen molar-refractivity contribution in [1.29, 1.82) is 0 Å². The van der Waals surface area contributed by atoms with Crippen LogP contribution in [0, 0.1) is 12.8 Å². The van der Waals surface area contributed by atoms with Gasteiger partial charge in [-0.05, 0) is 25.3 Å². The van der Waals surface area contributed by atoms with Crippen molar-refractivity contribution in [2.75, 3.05) is 0 Å². The van der Waals surface area contributed by atoms with Crippen LogP contribution in [0.15, 0.2) is 6.20 Å². The lowest BCUT2D eigenvalue weighted by molar-refractivity contribution is 0.373. The molecule has 1 heterocycles. The zero-order valence-electron chi connectivity index (χ0n) is 8.91. The molecular weight excluding hydrogens is 162 g/mol. The minimum absolute atomic E-state index is 0.444.